The Morgan fingerprint density at radius 2 is 1.85 bits per heavy atom. The lowest BCUT2D eigenvalue weighted by Gasteiger charge is -2.17. The number of anilines is 1. The van der Waals surface area contributed by atoms with E-state index < -0.39 is 0 Å². The molecule has 0 fully saturated rings. The average molecular weight is 385 g/mol. The Hall–Kier alpha value is -2.63. The van der Waals surface area contributed by atoms with Crippen molar-refractivity contribution in [3.8, 4) is 0 Å². The Morgan fingerprint density at radius 3 is 2.50 bits per heavy atom. The molecule has 0 atom stereocenters. The molecule has 2 aromatic carbocycles. The van der Waals surface area contributed by atoms with Crippen molar-refractivity contribution in [1.82, 2.24) is 4.90 Å². The van der Waals surface area contributed by atoms with Gasteiger partial charge in [-0.2, -0.15) is 0 Å². The maximum Gasteiger partial charge on any atom is 0.265 e. The van der Waals surface area contributed by atoms with Crippen LogP contribution in [-0.4, -0.2) is 23.8 Å². The van der Waals surface area contributed by atoms with Crippen LogP contribution in [0.2, 0.25) is 5.02 Å². The molecule has 132 valence electrons. The number of thiophene rings is 1. The number of benzene rings is 2. The number of carbonyl (C=O) groups is 2. The zero-order valence-corrected chi connectivity index (χ0v) is 15.7. The van der Waals surface area contributed by atoms with Crippen LogP contribution in [0, 0.1) is 0 Å². The first kappa shape index (κ1) is 18.2. The second-order valence-corrected chi connectivity index (χ2v) is 7.18. The van der Waals surface area contributed by atoms with Gasteiger partial charge >= 0.3 is 0 Å². The summed E-state index contributed by atoms with van der Waals surface area (Å²) in [5.41, 5.74) is 2.18. The van der Waals surface area contributed by atoms with Gasteiger partial charge in [-0.25, -0.2) is 0 Å². The fourth-order valence-electron chi connectivity index (χ4n) is 2.50. The van der Waals surface area contributed by atoms with Crippen LogP contribution in [0.5, 0.6) is 0 Å². The van der Waals surface area contributed by atoms with Crippen LogP contribution >= 0.6 is 22.9 Å². The minimum absolute atomic E-state index is 0.0962. The van der Waals surface area contributed by atoms with Gasteiger partial charge in [0.15, 0.2) is 0 Å². The molecule has 0 radical (unpaired) electrons. The fourth-order valence-corrected chi connectivity index (χ4v) is 3.33. The summed E-state index contributed by atoms with van der Waals surface area (Å²) in [6, 6.07) is 17.9. The van der Waals surface area contributed by atoms with Crippen LogP contribution < -0.4 is 5.32 Å². The number of nitrogens with zero attached hydrogens (tertiary/aromatic N) is 1. The second kappa shape index (κ2) is 8.17. The number of carbonyl (C=O) groups excluding carboxylic acids is 2. The van der Waals surface area contributed by atoms with Crippen molar-refractivity contribution in [3.63, 3.8) is 0 Å². The summed E-state index contributed by atoms with van der Waals surface area (Å²) in [4.78, 5) is 26.9. The van der Waals surface area contributed by atoms with Crippen molar-refractivity contribution in [2.75, 3.05) is 12.4 Å². The highest BCUT2D eigenvalue weighted by molar-refractivity contribution is 7.12. The predicted molar refractivity (Wildman–Crippen MR) is 106 cm³/mol. The molecule has 26 heavy (non-hydrogen) atoms. The molecule has 0 aliphatic heterocycles. The predicted octanol–water partition coefficient (Wildman–Crippen LogP) is 4.93. The van der Waals surface area contributed by atoms with Crippen molar-refractivity contribution < 1.29 is 9.59 Å². The highest BCUT2D eigenvalue weighted by Crippen LogP contribution is 2.17. The fraction of sp³-hybridized carbons (Fsp3) is 0.100. The van der Waals surface area contributed by atoms with E-state index in [1.54, 1.807) is 48.3 Å². The van der Waals surface area contributed by atoms with Crippen molar-refractivity contribution in [2.45, 2.75) is 6.54 Å². The van der Waals surface area contributed by atoms with Crippen molar-refractivity contribution in [2.24, 2.45) is 0 Å². The lowest BCUT2D eigenvalue weighted by atomic mass is 10.1. The van der Waals surface area contributed by atoms with E-state index in [2.05, 4.69) is 5.32 Å². The third-order valence-corrected chi connectivity index (χ3v) is 4.89. The summed E-state index contributed by atoms with van der Waals surface area (Å²) in [6.07, 6.45) is 0. The van der Waals surface area contributed by atoms with E-state index in [1.165, 1.54) is 11.3 Å². The van der Waals surface area contributed by atoms with Crippen LogP contribution in [0.25, 0.3) is 0 Å². The maximum atomic E-state index is 12.6. The first-order valence-electron chi connectivity index (χ1n) is 7.98. The topological polar surface area (TPSA) is 49.4 Å². The third-order valence-electron chi connectivity index (χ3n) is 3.79. The van der Waals surface area contributed by atoms with Crippen LogP contribution in [0.15, 0.2) is 66.0 Å². The van der Waals surface area contributed by atoms with Gasteiger partial charge in [0.05, 0.1) is 4.88 Å². The number of rotatable bonds is 5. The smallest absolute Gasteiger partial charge is 0.265 e. The molecule has 3 aromatic rings. The highest BCUT2D eigenvalue weighted by Gasteiger charge is 2.13. The molecule has 1 aromatic heterocycles. The summed E-state index contributed by atoms with van der Waals surface area (Å²) >= 11 is 7.37. The molecule has 0 aliphatic rings. The molecule has 0 spiro atoms. The summed E-state index contributed by atoms with van der Waals surface area (Å²) in [6.45, 7) is 0.469. The lowest BCUT2D eigenvalue weighted by Crippen LogP contribution is -2.26. The van der Waals surface area contributed by atoms with Gasteiger partial charge in [-0.15, -0.1) is 11.3 Å². The number of nitrogens with one attached hydrogen (secondary N) is 1. The third kappa shape index (κ3) is 4.50. The lowest BCUT2D eigenvalue weighted by molar-refractivity contribution is 0.0785. The van der Waals surface area contributed by atoms with Gasteiger partial charge in [-0.3, -0.25) is 9.59 Å². The van der Waals surface area contributed by atoms with E-state index in [-0.39, 0.29) is 11.8 Å². The molecular weight excluding hydrogens is 368 g/mol. The average Bonchev–Trinajstić information content (AvgIpc) is 3.16. The number of amides is 2. The standard InChI is InChI=1S/C20H17ClN2O2S/c1-23(13-14-4-2-5-16(21)12-14)20(25)15-7-9-17(10-8-15)22-19(24)18-6-3-11-26-18/h2-12H,13H2,1H3,(H,22,24). The van der Waals surface area contributed by atoms with Crippen molar-refractivity contribution >= 4 is 40.4 Å². The Kier molecular flexibility index (Phi) is 5.71. The Labute approximate surface area is 161 Å². The zero-order valence-electron chi connectivity index (χ0n) is 14.1. The Balaban J connectivity index is 1.63. The van der Waals surface area contributed by atoms with Gasteiger partial charge in [-0.05, 0) is 53.4 Å². The van der Waals surface area contributed by atoms with Crippen molar-refractivity contribution in [1.29, 1.82) is 0 Å². The number of halogens is 1. The van der Waals surface area contributed by atoms with Crippen LogP contribution in [0.3, 0.4) is 0 Å². The van der Waals surface area contributed by atoms with Gasteiger partial charge in [0.25, 0.3) is 11.8 Å². The molecule has 0 aliphatic carbocycles. The normalized spacial score (nSPS) is 10.4. The summed E-state index contributed by atoms with van der Waals surface area (Å²) in [5, 5.41) is 5.32. The largest absolute Gasteiger partial charge is 0.337 e. The van der Waals surface area contributed by atoms with Gasteiger partial charge in [0.2, 0.25) is 0 Å². The van der Waals surface area contributed by atoms with E-state index in [9.17, 15) is 9.59 Å². The minimum atomic E-state index is -0.155. The molecule has 0 unspecified atom stereocenters. The highest BCUT2D eigenvalue weighted by atomic mass is 35.5. The SMILES string of the molecule is CN(Cc1cccc(Cl)c1)C(=O)c1ccc(NC(=O)c2cccs2)cc1. The van der Waals surface area contributed by atoms with Crippen LogP contribution in [-0.2, 0) is 6.54 Å². The number of hydrogen-bond donors (Lipinski definition) is 1. The number of hydrogen-bond acceptors (Lipinski definition) is 3. The zero-order chi connectivity index (χ0) is 18.5. The van der Waals surface area contributed by atoms with E-state index in [4.69, 9.17) is 11.6 Å². The molecule has 2 amide bonds. The molecule has 0 saturated carbocycles. The van der Waals surface area contributed by atoms with E-state index in [0.717, 1.165) is 5.56 Å². The Morgan fingerprint density at radius 1 is 1.08 bits per heavy atom. The van der Waals surface area contributed by atoms with E-state index >= 15 is 0 Å². The molecule has 1 N–H and O–H groups in total. The molecule has 4 nitrogen and oxygen atoms in total. The summed E-state index contributed by atoms with van der Waals surface area (Å²) in [7, 11) is 1.75. The van der Waals surface area contributed by atoms with Gasteiger partial charge in [-0.1, -0.05) is 29.8 Å². The van der Waals surface area contributed by atoms with Gasteiger partial charge in [0.1, 0.15) is 0 Å². The maximum absolute atomic E-state index is 12.6. The minimum Gasteiger partial charge on any atom is -0.337 e. The van der Waals surface area contributed by atoms with Crippen LogP contribution in [0.1, 0.15) is 25.6 Å². The molecule has 1 heterocycles. The van der Waals surface area contributed by atoms with E-state index in [0.29, 0.717) is 27.7 Å². The molecular formula is C20H17ClN2O2S. The van der Waals surface area contributed by atoms with Gasteiger partial charge < -0.3 is 10.2 Å². The van der Waals surface area contributed by atoms with E-state index in [1.807, 2.05) is 29.6 Å². The molecule has 6 heteroatoms. The van der Waals surface area contributed by atoms with Crippen LogP contribution in [0.4, 0.5) is 5.69 Å². The molecule has 0 saturated heterocycles. The molecule has 0 bridgehead atoms. The van der Waals surface area contributed by atoms with Gasteiger partial charge in [0, 0.05) is 29.9 Å². The Bertz CT molecular complexity index is 908. The molecule has 3 rings (SSSR count). The quantitative estimate of drug-likeness (QED) is 0.678. The summed E-state index contributed by atoms with van der Waals surface area (Å²) < 4.78 is 0. The first-order chi connectivity index (χ1) is 12.5. The first-order valence-corrected chi connectivity index (χ1v) is 9.23. The monoisotopic (exact) mass is 384 g/mol. The summed E-state index contributed by atoms with van der Waals surface area (Å²) in [5.74, 6) is -0.252. The second-order valence-electron chi connectivity index (χ2n) is 5.80. The van der Waals surface area contributed by atoms with Crippen molar-refractivity contribution in [3.05, 3.63) is 87.1 Å².